The van der Waals surface area contributed by atoms with E-state index in [1.54, 1.807) is 29.3 Å². The number of hydrogen-bond acceptors (Lipinski definition) is 4. The maximum absolute atomic E-state index is 13.4. The van der Waals surface area contributed by atoms with Gasteiger partial charge in [0.2, 0.25) is 0 Å². The van der Waals surface area contributed by atoms with E-state index in [9.17, 15) is 9.59 Å². The normalized spacial score (nSPS) is 18.2. The summed E-state index contributed by atoms with van der Waals surface area (Å²) < 4.78 is 5.91. The van der Waals surface area contributed by atoms with Crippen molar-refractivity contribution in [3.8, 4) is 5.75 Å². The second-order valence-corrected chi connectivity index (χ2v) is 6.68. The fourth-order valence-corrected chi connectivity index (χ4v) is 3.15. The van der Waals surface area contributed by atoms with Crippen molar-refractivity contribution in [3.63, 3.8) is 0 Å². The Kier molecular flexibility index (Phi) is 4.53. The van der Waals surface area contributed by atoms with Crippen molar-refractivity contribution in [2.45, 2.75) is 19.1 Å². The molecular formula is C22H19N3O3. The molecule has 6 heteroatoms. The zero-order valence-electron chi connectivity index (χ0n) is 15.3. The van der Waals surface area contributed by atoms with Gasteiger partial charge < -0.3 is 15.0 Å². The molecule has 1 N–H and O–H groups in total. The highest BCUT2D eigenvalue weighted by Crippen LogP contribution is 2.39. The summed E-state index contributed by atoms with van der Waals surface area (Å²) in [6, 6.07) is 20.3. The zero-order valence-corrected chi connectivity index (χ0v) is 15.3. The number of carbonyl (C=O) groups is 2. The summed E-state index contributed by atoms with van der Waals surface area (Å²) in [7, 11) is 0. The number of amides is 2. The fourth-order valence-electron chi connectivity index (χ4n) is 3.15. The van der Waals surface area contributed by atoms with E-state index in [-0.39, 0.29) is 0 Å². The number of fused-ring (bicyclic) bond motifs is 1. The highest BCUT2D eigenvalue weighted by atomic mass is 16.5. The lowest BCUT2D eigenvalue weighted by molar-refractivity contribution is -0.145. The van der Waals surface area contributed by atoms with Gasteiger partial charge in [-0.1, -0.05) is 42.5 Å². The molecule has 2 heterocycles. The average Bonchev–Trinajstić information content (AvgIpc) is 2.73. The van der Waals surface area contributed by atoms with E-state index in [0.717, 1.165) is 5.56 Å². The molecular weight excluding hydrogens is 354 g/mol. The van der Waals surface area contributed by atoms with E-state index < -0.39 is 17.4 Å². The molecule has 28 heavy (non-hydrogen) atoms. The van der Waals surface area contributed by atoms with Gasteiger partial charge >= 0.3 is 0 Å². The highest BCUT2D eigenvalue weighted by Gasteiger charge is 2.50. The molecule has 1 aliphatic heterocycles. The first-order valence-corrected chi connectivity index (χ1v) is 8.93. The first-order chi connectivity index (χ1) is 13.6. The van der Waals surface area contributed by atoms with Crippen LogP contribution in [0.2, 0.25) is 0 Å². The van der Waals surface area contributed by atoms with E-state index in [4.69, 9.17) is 4.74 Å². The van der Waals surface area contributed by atoms with Gasteiger partial charge in [0.05, 0.1) is 24.1 Å². The summed E-state index contributed by atoms with van der Waals surface area (Å²) in [6.45, 7) is 1.84. The summed E-state index contributed by atoms with van der Waals surface area (Å²) in [6.07, 6.45) is 3.13. The maximum atomic E-state index is 13.4. The van der Waals surface area contributed by atoms with Gasteiger partial charge in [0.25, 0.3) is 17.4 Å². The first-order valence-electron chi connectivity index (χ1n) is 8.93. The Bertz CT molecular complexity index is 1010. The molecule has 1 atom stereocenters. The van der Waals surface area contributed by atoms with Crippen LogP contribution in [0.25, 0.3) is 0 Å². The van der Waals surface area contributed by atoms with Crippen molar-refractivity contribution in [3.05, 3.63) is 84.7 Å². The Morgan fingerprint density at radius 3 is 2.57 bits per heavy atom. The Labute approximate surface area is 162 Å². The fraction of sp³-hybridized carbons (Fsp3) is 0.136. The summed E-state index contributed by atoms with van der Waals surface area (Å²) >= 11 is 0. The first kappa shape index (κ1) is 17.7. The maximum Gasteiger partial charge on any atom is 0.281 e. The van der Waals surface area contributed by atoms with Crippen LogP contribution in [0.4, 0.5) is 11.4 Å². The summed E-state index contributed by atoms with van der Waals surface area (Å²) in [4.78, 5) is 31.9. The lowest BCUT2D eigenvalue weighted by Gasteiger charge is -2.39. The molecule has 0 saturated heterocycles. The van der Waals surface area contributed by atoms with Crippen LogP contribution >= 0.6 is 0 Å². The van der Waals surface area contributed by atoms with E-state index in [1.165, 1.54) is 13.1 Å². The molecule has 6 nitrogen and oxygen atoms in total. The quantitative estimate of drug-likeness (QED) is 0.712. The number of para-hydroxylation sites is 2. The largest absolute Gasteiger partial charge is 0.465 e. The Hall–Kier alpha value is -3.67. The summed E-state index contributed by atoms with van der Waals surface area (Å²) in [5.74, 6) is -0.476. The van der Waals surface area contributed by atoms with Crippen LogP contribution < -0.4 is 15.0 Å². The third-order valence-electron chi connectivity index (χ3n) is 4.66. The number of carbonyl (C=O) groups excluding carboxylic acids is 2. The second kappa shape index (κ2) is 7.15. The van der Waals surface area contributed by atoms with Crippen LogP contribution in [0.3, 0.4) is 0 Å². The standard InChI is InChI=1S/C22H19N3O3/c1-22(20(26)24-17-10-7-13-23-14-17)21(27)25(15-16-8-3-2-4-9-16)18-11-5-6-12-19(18)28-22/h2-14H,15H2,1H3,(H,24,26)/t22-/m1/s1. The number of benzene rings is 2. The van der Waals surface area contributed by atoms with Crippen molar-refractivity contribution < 1.29 is 14.3 Å². The number of rotatable bonds is 4. The minimum atomic E-state index is -1.70. The second-order valence-electron chi connectivity index (χ2n) is 6.68. The lowest BCUT2D eigenvalue weighted by atomic mass is 9.99. The van der Waals surface area contributed by atoms with Gasteiger partial charge in [-0.15, -0.1) is 0 Å². The number of ether oxygens (including phenoxy) is 1. The van der Waals surface area contributed by atoms with Gasteiger partial charge in [0.15, 0.2) is 0 Å². The average molecular weight is 373 g/mol. The number of anilines is 2. The van der Waals surface area contributed by atoms with E-state index in [1.807, 2.05) is 48.5 Å². The smallest absolute Gasteiger partial charge is 0.281 e. The van der Waals surface area contributed by atoms with Gasteiger partial charge in [-0.2, -0.15) is 0 Å². The van der Waals surface area contributed by atoms with Crippen molar-refractivity contribution in [1.29, 1.82) is 0 Å². The topological polar surface area (TPSA) is 71.5 Å². The molecule has 2 aromatic carbocycles. The van der Waals surface area contributed by atoms with E-state index in [2.05, 4.69) is 10.3 Å². The molecule has 0 unspecified atom stereocenters. The number of pyridine rings is 1. The Morgan fingerprint density at radius 2 is 1.82 bits per heavy atom. The Balaban J connectivity index is 1.69. The van der Waals surface area contributed by atoms with Gasteiger partial charge in [-0.3, -0.25) is 14.6 Å². The minimum absolute atomic E-state index is 0.343. The van der Waals surface area contributed by atoms with E-state index in [0.29, 0.717) is 23.7 Å². The van der Waals surface area contributed by atoms with Crippen LogP contribution in [0.1, 0.15) is 12.5 Å². The number of aromatic nitrogens is 1. The molecule has 3 aromatic rings. The molecule has 0 bridgehead atoms. The van der Waals surface area contributed by atoms with Gasteiger partial charge in [0.1, 0.15) is 5.75 Å². The van der Waals surface area contributed by atoms with Crippen LogP contribution in [-0.2, 0) is 16.1 Å². The number of hydrogen-bond donors (Lipinski definition) is 1. The molecule has 2 amide bonds. The highest BCUT2D eigenvalue weighted by molar-refractivity contribution is 6.19. The van der Waals surface area contributed by atoms with Crippen LogP contribution in [0.15, 0.2) is 79.1 Å². The van der Waals surface area contributed by atoms with E-state index >= 15 is 0 Å². The third kappa shape index (κ3) is 3.20. The molecule has 0 spiro atoms. The number of nitrogens with zero attached hydrogens (tertiary/aromatic N) is 2. The summed E-state index contributed by atoms with van der Waals surface area (Å²) in [5.41, 5.74) is 0.406. The monoisotopic (exact) mass is 373 g/mol. The molecule has 0 fully saturated rings. The molecule has 140 valence electrons. The minimum Gasteiger partial charge on any atom is -0.465 e. The van der Waals surface area contributed by atoms with Crippen LogP contribution in [-0.4, -0.2) is 22.4 Å². The van der Waals surface area contributed by atoms with Crippen molar-refractivity contribution in [2.75, 3.05) is 10.2 Å². The van der Waals surface area contributed by atoms with Crippen molar-refractivity contribution in [2.24, 2.45) is 0 Å². The van der Waals surface area contributed by atoms with Gasteiger partial charge in [-0.25, -0.2) is 0 Å². The molecule has 0 radical (unpaired) electrons. The van der Waals surface area contributed by atoms with Crippen LogP contribution in [0.5, 0.6) is 5.75 Å². The molecule has 0 aliphatic carbocycles. The predicted molar refractivity (Wildman–Crippen MR) is 106 cm³/mol. The van der Waals surface area contributed by atoms with Gasteiger partial charge in [-0.05, 0) is 36.8 Å². The van der Waals surface area contributed by atoms with Crippen molar-refractivity contribution >= 4 is 23.2 Å². The SMILES string of the molecule is C[C@]1(C(=O)Nc2cccnc2)Oc2ccccc2N(Cc2ccccc2)C1=O. The molecule has 4 rings (SSSR count). The molecule has 0 saturated carbocycles. The molecule has 1 aliphatic rings. The summed E-state index contributed by atoms with van der Waals surface area (Å²) in [5, 5.41) is 2.72. The lowest BCUT2D eigenvalue weighted by Crippen LogP contribution is -2.60. The molecule has 1 aromatic heterocycles. The van der Waals surface area contributed by atoms with Crippen molar-refractivity contribution in [1.82, 2.24) is 4.98 Å². The number of nitrogens with one attached hydrogen (secondary N) is 1. The van der Waals surface area contributed by atoms with Crippen LogP contribution in [0, 0.1) is 0 Å². The third-order valence-corrected chi connectivity index (χ3v) is 4.66. The predicted octanol–water partition coefficient (Wildman–Crippen LogP) is 3.40. The zero-order chi connectivity index (χ0) is 19.6. The Morgan fingerprint density at radius 1 is 1.07 bits per heavy atom. The van der Waals surface area contributed by atoms with Gasteiger partial charge in [0, 0.05) is 6.20 Å².